The third kappa shape index (κ3) is 4.14. The first-order valence-corrected chi connectivity index (χ1v) is 10.5. The topological polar surface area (TPSA) is 74.9 Å². The second-order valence-corrected chi connectivity index (χ2v) is 7.80. The Labute approximate surface area is 177 Å². The van der Waals surface area contributed by atoms with Crippen molar-refractivity contribution in [2.45, 2.75) is 33.7 Å². The van der Waals surface area contributed by atoms with Crippen molar-refractivity contribution >= 4 is 17.4 Å². The van der Waals surface area contributed by atoms with Crippen LogP contribution in [-0.4, -0.2) is 52.9 Å². The number of likely N-dealkylation sites (N-methyl/N-ethyl adjacent to an activating group) is 1. The van der Waals surface area contributed by atoms with E-state index in [0.717, 1.165) is 36.3 Å². The van der Waals surface area contributed by atoms with Gasteiger partial charge in [-0.2, -0.15) is 0 Å². The number of pyridine rings is 1. The molecule has 3 rings (SSSR count). The van der Waals surface area contributed by atoms with Gasteiger partial charge in [0, 0.05) is 18.0 Å². The maximum Gasteiger partial charge on any atom is 0.295 e. The number of benzene rings is 1. The Balaban J connectivity index is 2.12. The average Bonchev–Trinajstić information content (AvgIpc) is 3.01. The highest BCUT2D eigenvalue weighted by Crippen LogP contribution is 2.39. The minimum absolute atomic E-state index is 0.124. The zero-order valence-electron chi connectivity index (χ0n) is 18.1. The highest BCUT2D eigenvalue weighted by atomic mass is 16.3. The van der Waals surface area contributed by atoms with Crippen LogP contribution < -0.4 is 4.90 Å². The molecule has 30 heavy (non-hydrogen) atoms. The van der Waals surface area contributed by atoms with Crippen molar-refractivity contribution in [2.75, 3.05) is 26.2 Å². The summed E-state index contributed by atoms with van der Waals surface area (Å²) in [6.07, 6.45) is 3.31. The number of aliphatic hydroxyl groups is 1. The van der Waals surface area contributed by atoms with Gasteiger partial charge in [-0.05, 0) is 51.0 Å². The molecule has 1 aromatic carbocycles. The molecule has 1 fully saturated rings. The molecule has 1 atom stereocenters. The predicted octanol–water partition coefficient (Wildman–Crippen LogP) is 2.04. The molecule has 1 saturated heterocycles. The van der Waals surface area contributed by atoms with Gasteiger partial charge in [-0.3, -0.25) is 14.6 Å². The molecule has 2 N–H and O–H groups in total. The third-order valence-electron chi connectivity index (χ3n) is 5.89. The number of hydrogen-bond donors (Lipinski definition) is 2. The fourth-order valence-electron chi connectivity index (χ4n) is 4.01. The van der Waals surface area contributed by atoms with Crippen molar-refractivity contribution in [3.05, 3.63) is 70.6 Å². The molecule has 2 heterocycles. The van der Waals surface area contributed by atoms with Crippen molar-refractivity contribution in [3.63, 3.8) is 0 Å². The summed E-state index contributed by atoms with van der Waals surface area (Å²) in [4.78, 5) is 33.1. The van der Waals surface area contributed by atoms with Crippen LogP contribution in [0.2, 0.25) is 0 Å². The SMILES string of the molecule is CC[NH+](CC)CCN1C(=O)C(=O)C(=C(O)c2cc(C)ccc2C)[C@H]1c1cccnc1. The van der Waals surface area contributed by atoms with Crippen LogP contribution in [-0.2, 0) is 9.59 Å². The molecule has 0 aliphatic carbocycles. The standard InChI is InChI=1S/C24H29N3O3/c1-5-26(6-2)12-13-27-21(18-8-7-11-25-15-18)20(23(29)24(27)30)22(28)19-14-16(3)9-10-17(19)4/h7-11,14-15,21,28H,5-6,12-13H2,1-4H3/p+1/t21-/m1/s1. The number of aryl methyl sites for hydroxylation is 2. The van der Waals surface area contributed by atoms with E-state index < -0.39 is 17.7 Å². The summed E-state index contributed by atoms with van der Waals surface area (Å²) in [7, 11) is 0. The minimum Gasteiger partial charge on any atom is -0.507 e. The fraction of sp³-hybridized carbons (Fsp3) is 0.375. The monoisotopic (exact) mass is 408 g/mol. The lowest BCUT2D eigenvalue weighted by Gasteiger charge is -2.26. The molecule has 0 radical (unpaired) electrons. The molecule has 1 amide bonds. The normalized spacial score (nSPS) is 18.4. The van der Waals surface area contributed by atoms with E-state index in [2.05, 4.69) is 18.8 Å². The van der Waals surface area contributed by atoms with Gasteiger partial charge < -0.3 is 14.9 Å². The van der Waals surface area contributed by atoms with E-state index >= 15 is 0 Å². The van der Waals surface area contributed by atoms with Crippen LogP contribution in [0.1, 0.15) is 42.1 Å². The van der Waals surface area contributed by atoms with Crippen LogP contribution in [0, 0.1) is 13.8 Å². The molecule has 1 aromatic heterocycles. The Morgan fingerprint density at radius 1 is 1.17 bits per heavy atom. The molecular formula is C24H30N3O3+. The van der Waals surface area contributed by atoms with E-state index in [4.69, 9.17) is 0 Å². The van der Waals surface area contributed by atoms with Crippen molar-refractivity contribution in [1.82, 2.24) is 9.88 Å². The molecule has 0 unspecified atom stereocenters. The number of nitrogens with one attached hydrogen (secondary N) is 1. The Bertz CT molecular complexity index is 965. The molecule has 1 aliphatic rings. The van der Waals surface area contributed by atoms with Gasteiger partial charge >= 0.3 is 0 Å². The van der Waals surface area contributed by atoms with Crippen molar-refractivity contribution in [2.24, 2.45) is 0 Å². The first-order chi connectivity index (χ1) is 14.4. The van der Waals surface area contributed by atoms with Gasteiger partial charge in [-0.1, -0.05) is 23.8 Å². The number of nitrogens with zero attached hydrogens (tertiary/aromatic N) is 2. The number of likely N-dealkylation sites (tertiary alicyclic amines) is 1. The van der Waals surface area contributed by atoms with Crippen molar-refractivity contribution < 1.29 is 19.6 Å². The molecule has 0 spiro atoms. The Hall–Kier alpha value is -2.99. The van der Waals surface area contributed by atoms with Gasteiger partial charge in [-0.15, -0.1) is 0 Å². The van der Waals surface area contributed by atoms with E-state index in [1.54, 1.807) is 23.4 Å². The Morgan fingerprint density at radius 3 is 2.53 bits per heavy atom. The van der Waals surface area contributed by atoms with Crippen LogP contribution >= 0.6 is 0 Å². The minimum atomic E-state index is -0.645. The number of hydrogen-bond acceptors (Lipinski definition) is 4. The van der Waals surface area contributed by atoms with Gasteiger partial charge in [0.2, 0.25) is 0 Å². The fourth-order valence-corrected chi connectivity index (χ4v) is 4.01. The molecule has 1 aliphatic heterocycles. The zero-order chi connectivity index (χ0) is 21.8. The first-order valence-electron chi connectivity index (χ1n) is 10.5. The molecule has 2 aromatic rings. The van der Waals surface area contributed by atoms with Crippen LogP contribution in [0.15, 0.2) is 48.3 Å². The molecular weight excluding hydrogens is 378 g/mol. The summed E-state index contributed by atoms with van der Waals surface area (Å²) in [5, 5.41) is 11.2. The lowest BCUT2D eigenvalue weighted by atomic mass is 9.94. The van der Waals surface area contributed by atoms with E-state index in [1.165, 1.54) is 4.90 Å². The quantitative estimate of drug-likeness (QED) is 0.418. The van der Waals surface area contributed by atoms with E-state index in [1.807, 2.05) is 38.1 Å². The summed E-state index contributed by atoms with van der Waals surface area (Å²) < 4.78 is 0. The van der Waals surface area contributed by atoms with Crippen molar-refractivity contribution in [3.8, 4) is 0 Å². The number of aromatic nitrogens is 1. The molecule has 0 saturated carbocycles. The summed E-state index contributed by atoms with van der Waals surface area (Å²) in [5.74, 6) is -1.33. The summed E-state index contributed by atoms with van der Waals surface area (Å²) in [6, 6.07) is 8.69. The number of Topliss-reactive ketones (excluding diaryl/α,β-unsaturated/α-hetero) is 1. The van der Waals surface area contributed by atoms with Gasteiger partial charge in [0.15, 0.2) is 0 Å². The number of amides is 1. The zero-order valence-corrected chi connectivity index (χ0v) is 18.1. The summed E-state index contributed by atoms with van der Waals surface area (Å²) >= 11 is 0. The van der Waals surface area contributed by atoms with E-state index in [9.17, 15) is 14.7 Å². The van der Waals surface area contributed by atoms with Crippen LogP contribution in [0.25, 0.3) is 5.76 Å². The maximum absolute atomic E-state index is 13.1. The number of rotatable bonds is 7. The third-order valence-corrected chi connectivity index (χ3v) is 5.89. The second kappa shape index (κ2) is 9.22. The van der Waals surface area contributed by atoms with Crippen LogP contribution in [0.3, 0.4) is 0 Å². The van der Waals surface area contributed by atoms with Gasteiger partial charge in [0.25, 0.3) is 11.7 Å². The van der Waals surface area contributed by atoms with Gasteiger partial charge in [-0.25, -0.2) is 0 Å². The molecule has 6 nitrogen and oxygen atoms in total. The summed E-state index contributed by atoms with van der Waals surface area (Å²) in [6.45, 7) is 11.1. The van der Waals surface area contributed by atoms with E-state index in [-0.39, 0.29) is 11.3 Å². The maximum atomic E-state index is 13.1. The first kappa shape index (κ1) is 21.7. The highest BCUT2D eigenvalue weighted by molar-refractivity contribution is 6.46. The number of carbonyl (C=O) groups excluding carboxylic acids is 2. The Kier molecular flexibility index (Phi) is 6.67. The molecule has 158 valence electrons. The smallest absolute Gasteiger partial charge is 0.295 e. The predicted molar refractivity (Wildman–Crippen MR) is 116 cm³/mol. The number of aliphatic hydroxyl groups excluding tert-OH is 1. The Morgan fingerprint density at radius 2 is 1.90 bits per heavy atom. The molecule has 6 heteroatoms. The van der Waals surface area contributed by atoms with Gasteiger partial charge in [0.1, 0.15) is 5.76 Å². The highest BCUT2D eigenvalue weighted by Gasteiger charge is 2.46. The van der Waals surface area contributed by atoms with Crippen LogP contribution in [0.4, 0.5) is 0 Å². The van der Waals surface area contributed by atoms with Crippen LogP contribution in [0.5, 0.6) is 0 Å². The lowest BCUT2D eigenvalue weighted by Crippen LogP contribution is -3.12. The van der Waals surface area contributed by atoms with Gasteiger partial charge in [0.05, 0.1) is 37.8 Å². The number of ketones is 1. The second-order valence-electron chi connectivity index (χ2n) is 7.80. The van der Waals surface area contributed by atoms with E-state index in [0.29, 0.717) is 12.1 Å². The number of quaternary nitrogens is 1. The number of carbonyl (C=O) groups is 2. The van der Waals surface area contributed by atoms with Crippen molar-refractivity contribution in [1.29, 1.82) is 0 Å². The average molecular weight is 409 g/mol. The molecule has 0 bridgehead atoms. The summed E-state index contributed by atoms with van der Waals surface area (Å²) in [5.41, 5.74) is 3.26. The largest absolute Gasteiger partial charge is 0.507 e. The lowest BCUT2D eigenvalue weighted by molar-refractivity contribution is -0.895.